The molecular weight excluding hydrogens is 338 g/mol. The van der Waals surface area contributed by atoms with Crippen LogP contribution in [0.4, 0.5) is 5.69 Å². The van der Waals surface area contributed by atoms with Gasteiger partial charge in [-0.3, -0.25) is 0 Å². The molecule has 0 spiro atoms. The third-order valence-corrected chi connectivity index (χ3v) is 4.02. The SMILES string of the molecule is Cc1c(C(=O)O)cc2ccccc2c1NC=C1C(=O)OC(C)(C)OC1=O. The maximum absolute atomic E-state index is 12.0. The number of hydrogen-bond donors (Lipinski definition) is 2. The Morgan fingerprint density at radius 1 is 1.15 bits per heavy atom. The molecule has 1 aliphatic rings. The van der Waals surface area contributed by atoms with Gasteiger partial charge in [0.1, 0.15) is 0 Å². The molecule has 0 amide bonds. The second kappa shape index (κ2) is 6.18. The third-order valence-electron chi connectivity index (χ3n) is 4.02. The Bertz CT molecular complexity index is 951. The van der Waals surface area contributed by atoms with Crippen LogP contribution in [0.1, 0.15) is 29.8 Å². The molecule has 2 N–H and O–H groups in total. The van der Waals surface area contributed by atoms with Crippen molar-refractivity contribution in [1.82, 2.24) is 0 Å². The summed E-state index contributed by atoms with van der Waals surface area (Å²) in [6, 6.07) is 8.79. The molecule has 0 atom stereocenters. The van der Waals surface area contributed by atoms with E-state index in [0.717, 1.165) is 5.39 Å². The van der Waals surface area contributed by atoms with Crippen LogP contribution >= 0.6 is 0 Å². The summed E-state index contributed by atoms with van der Waals surface area (Å²) in [5.41, 5.74) is 0.789. The molecule has 0 bridgehead atoms. The van der Waals surface area contributed by atoms with Crippen molar-refractivity contribution in [3.8, 4) is 0 Å². The maximum Gasteiger partial charge on any atom is 0.350 e. The standard InChI is InChI=1S/C19H17NO6/c1-10-13(16(21)22)8-11-6-4-5-7-12(11)15(10)20-9-14-17(23)25-19(2,3)26-18(14)24/h4-9,20H,1-3H3,(H,21,22). The highest BCUT2D eigenvalue weighted by Crippen LogP contribution is 2.31. The third kappa shape index (κ3) is 3.11. The molecule has 3 rings (SSSR count). The number of cyclic esters (lactones) is 2. The van der Waals surface area contributed by atoms with Crippen molar-refractivity contribution in [2.75, 3.05) is 5.32 Å². The Morgan fingerprint density at radius 2 is 1.77 bits per heavy atom. The number of rotatable bonds is 3. The number of carboxylic acids is 1. The number of aromatic carboxylic acids is 1. The molecule has 0 unspecified atom stereocenters. The summed E-state index contributed by atoms with van der Waals surface area (Å²) in [4.78, 5) is 35.6. The monoisotopic (exact) mass is 355 g/mol. The molecule has 1 saturated heterocycles. The normalized spacial score (nSPS) is 16.0. The van der Waals surface area contributed by atoms with Crippen LogP contribution in [-0.4, -0.2) is 28.8 Å². The highest BCUT2D eigenvalue weighted by atomic mass is 16.7. The predicted molar refractivity (Wildman–Crippen MR) is 93.6 cm³/mol. The highest BCUT2D eigenvalue weighted by Gasteiger charge is 2.39. The van der Waals surface area contributed by atoms with Crippen LogP contribution in [0.2, 0.25) is 0 Å². The number of esters is 2. The number of benzene rings is 2. The maximum atomic E-state index is 12.0. The second-order valence-corrected chi connectivity index (χ2v) is 6.33. The molecule has 0 aliphatic carbocycles. The first-order valence-corrected chi connectivity index (χ1v) is 7.88. The fourth-order valence-electron chi connectivity index (χ4n) is 2.78. The van der Waals surface area contributed by atoms with Crippen molar-refractivity contribution >= 4 is 34.4 Å². The Labute approximate surface area is 149 Å². The number of ether oxygens (including phenoxy) is 2. The van der Waals surface area contributed by atoms with Crippen molar-refractivity contribution in [3.05, 3.63) is 53.2 Å². The molecule has 1 aliphatic heterocycles. The molecule has 0 saturated carbocycles. The zero-order chi connectivity index (χ0) is 19.1. The first-order chi connectivity index (χ1) is 12.2. The Balaban J connectivity index is 2.06. The van der Waals surface area contributed by atoms with Gasteiger partial charge in [-0.2, -0.15) is 0 Å². The first-order valence-electron chi connectivity index (χ1n) is 7.88. The van der Waals surface area contributed by atoms with E-state index >= 15 is 0 Å². The molecule has 1 heterocycles. The first kappa shape index (κ1) is 17.5. The van der Waals surface area contributed by atoms with E-state index in [1.807, 2.05) is 12.1 Å². The Kier molecular flexibility index (Phi) is 4.15. The quantitative estimate of drug-likeness (QED) is 0.496. The van der Waals surface area contributed by atoms with Crippen molar-refractivity contribution in [3.63, 3.8) is 0 Å². The average Bonchev–Trinajstić information content (AvgIpc) is 2.54. The molecular formula is C19H17NO6. The van der Waals surface area contributed by atoms with Crippen LogP contribution in [0.5, 0.6) is 0 Å². The van der Waals surface area contributed by atoms with Gasteiger partial charge in [-0.1, -0.05) is 24.3 Å². The largest absolute Gasteiger partial charge is 0.478 e. The molecule has 7 nitrogen and oxygen atoms in total. The lowest BCUT2D eigenvalue weighted by Gasteiger charge is -2.29. The van der Waals surface area contributed by atoms with Gasteiger partial charge >= 0.3 is 17.9 Å². The van der Waals surface area contributed by atoms with E-state index in [2.05, 4.69) is 5.32 Å². The van der Waals surface area contributed by atoms with Gasteiger partial charge < -0.3 is 19.9 Å². The van der Waals surface area contributed by atoms with Gasteiger partial charge in [0.25, 0.3) is 5.79 Å². The van der Waals surface area contributed by atoms with Crippen molar-refractivity contribution in [2.45, 2.75) is 26.6 Å². The minimum Gasteiger partial charge on any atom is -0.478 e. The number of fused-ring (bicyclic) bond motifs is 1. The summed E-state index contributed by atoms with van der Waals surface area (Å²) < 4.78 is 10.1. The van der Waals surface area contributed by atoms with Gasteiger partial charge in [-0.15, -0.1) is 0 Å². The fourth-order valence-corrected chi connectivity index (χ4v) is 2.78. The predicted octanol–water partition coefficient (Wildman–Crippen LogP) is 2.98. The van der Waals surface area contributed by atoms with E-state index in [0.29, 0.717) is 16.6 Å². The molecule has 0 aromatic heterocycles. The highest BCUT2D eigenvalue weighted by molar-refractivity contribution is 6.15. The number of anilines is 1. The van der Waals surface area contributed by atoms with E-state index in [1.54, 1.807) is 25.1 Å². The van der Waals surface area contributed by atoms with Gasteiger partial charge in [0, 0.05) is 31.1 Å². The van der Waals surface area contributed by atoms with Gasteiger partial charge in [0.2, 0.25) is 0 Å². The van der Waals surface area contributed by atoms with Crippen molar-refractivity contribution < 1.29 is 29.0 Å². The van der Waals surface area contributed by atoms with E-state index in [-0.39, 0.29) is 11.1 Å². The van der Waals surface area contributed by atoms with Gasteiger partial charge in [-0.05, 0) is 23.9 Å². The zero-order valence-electron chi connectivity index (χ0n) is 14.5. The number of carbonyl (C=O) groups is 3. The Hall–Kier alpha value is -3.35. The molecule has 7 heteroatoms. The summed E-state index contributed by atoms with van der Waals surface area (Å²) in [5.74, 6) is -4.01. The lowest BCUT2D eigenvalue weighted by molar-refractivity contribution is -0.222. The van der Waals surface area contributed by atoms with E-state index in [9.17, 15) is 19.5 Å². The smallest absolute Gasteiger partial charge is 0.350 e. The number of nitrogens with one attached hydrogen (secondary N) is 1. The van der Waals surface area contributed by atoms with Crippen molar-refractivity contribution in [2.24, 2.45) is 0 Å². The van der Waals surface area contributed by atoms with Crippen LogP contribution in [0, 0.1) is 6.92 Å². The van der Waals surface area contributed by atoms with Crippen LogP contribution in [-0.2, 0) is 19.1 Å². The van der Waals surface area contributed by atoms with Gasteiger partial charge in [0.05, 0.1) is 5.56 Å². The Morgan fingerprint density at radius 3 is 2.38 bits per heavy atom. The minimum atomic E-state index is -1.32. The molecule has 26 heavy (non-hydrogen) atoms. The lowest BCUT2D eigenvalue weighted by atomic mass is 9.99. The van der Waals surface area contributed by atoms with Gasteiger partial charge in [0.15, 0.2) is 5.57 Å². The molecule has 134 valence electrons. The molecule has 0 radical (unpaired) electrons. The summed E-state index contributed by atoms with van der Waals surface area (Å²) in [5, 5.41) is 13.8. The average molecular weight is 355 g/mol. The summed E-state index contributed by atoms with van der Waals surface area (Å²) >= 11 is 0. The lowest BCUT2D eigenvalue weighted by Crippen LogP contribution is -2.42. The van der Waals surface area contributed by atoms with Crippen molar-refractivity contribution in [1.29, 1.82) is 0 Å². The fraction of sp³-hybridized carbons (Fsp3) is 0.211. The van der Waals surface area contributed by atoms with Crippen LogP contribution in [0.15, 0.2) is 42.1 Å². The second-order valence-electron chi connectivity index (χ2n) is 6.33. The van der Waals surface area contributed by atoms with E-state index in [4.69, 9.17) is 9.47 Å². The zero-order valence-corrected chi connectivity index (χ0v) is 14.5. The summed E-state index contributed by atoms with van der Waals surface area (Å²) in [6.45, 7) is 4.57. The van der Waals surface area contributed by atoms with Crippen LogP contribution in [0.3, 0.4) is 0 Å². The number of carboxylic acid groups (broad SMARTS) is 1. The van der Waals surface area contributed by atoms with E-state index in [1.165, 1.54) is 20.0 Å². The summed E-state index contributed by atoms with van der Waals surface area (Å²) in [7, 11) is 0. The summed E-state index contributed by atoms with van der Waals surface area (Å²) in [6.07, 6.45) is 1.18. The number of hydrogen-bond acceptors (Lipinski definition) is 6. The van der Waals surface area contributed by atoms with Crippen LogP contribution < -0.4 is 5.32 Å². The van der Waals surface area contributed by atoms with Crippen LogP contribution in [0.25, 0.3) is 10.8 Å². The molecule has 2 aromatic carbocycles. The van der Waals surface area contributed by atoms with E-state index < -0.39 is 23.7 Å². The minimum absolute atomic E-state index is 0.125. The topological polar surface area (TPSA) is 102 Å². The van der Waals surface area contributed by atoms with Gasteiger partial charge in [-0.25, -0.2) is 14.4 Å². The molecule has 2 aromatic rings. The number of carbonyl (C=O) groups excluding carboxylic acids is 2. The molecule has 1 fully saturated rings.